The van der Waals surface area contributed by atoms with Crippen molar-refractivity contribution < 1.29 is 4.92 Å². The summed E-state index contributed by atoms with van der Waals surface area (Å²) in [6.45, 7) is 0.478. The first-order valence-corrected chi connectivity index (χ1v) is 6.93. The molecular weight excluding hydrogens is 330 g/mol. The molecule has 1 N–H and O–H groups in total. The number of thiophene rings is 1. The summed E-state index contributed by atoms with van der Waals surface area (Å²) in [5.41, 5.74) is 0.233. The summed E-state index contributed by atoms with van der Waals surface area (Å²) in [7, 11) is 0. The molecule has 0 amide bonds. The van der Waals surface area contributed by atoms with E-state index in [2.05, 4.69) is 21.2 Å². The fraction of sp³-hybridized carbons (Fsp3) is 0.0833. The summed E-state index contributed by atoms with van der Waals surface area (Å²) in [4.78, 5) is 11.5. The van der Waals surface area contributed by atoms with Crippen LogP contribution in [0.25, 0.3) is 0 Å². The maximum absolute atomic E-state index is 11.0. The van der Waals surface area contributed by atoms with Gasteiger partial charge in [0.15, 0.2) is 0 Å². The van der Waals surface area contributed by atoms with Gasteiger partial charge in [-0.05, 0) is 34.1 Å². The van der Waals surface area contributed by atoms with E-state index in [1.54, 1.807) is 23.5 Å². The number of benzene rings is 1. The lowest BCUT2D eigenvalue weighted by molar-refractivity contribution is -0.384. The third-order valence-corrected chi connectivity index (χ3v) is 4.11. The van der Waals surface area contributed by atoms with Gasteiger partial charge in [0.05, 0.1) is 4.92 Å². The van der Waals surface area contributed by atoms with Gasteiger partial charge in [-0.25, -0.2) is 0 Å². The molecule has 0 unspecified atom stereocenters. The number of nitrogens with zero attached hydrogens (tertiary/aromatic N) is 2. The summed E-state index contributed by atoms with van der Waals surface area (Å²) in [5.74, 6) is 0. The van der Waals surface area contributed by atoms with Crippen molar-refractivity contribution >= 4 is 38.6 Å². The molecular formula is C12H8BrN3O2S. The van der Waals surface area contributed by atoms with Gasteiger partial charge in [0.1, 0.15) is 17.3 Å². The largest absolute Gasteiger partial charge is 0.375 e. The van der Waals surface area contributed by atoms with Crippen LogP contribution in [0.1, 0.15) is 10.4 Å². The predicted octanol–water partition coefficient (Wildman–Crippen LogP) is 3.90. The number of nitro groups is 1. The van der Waals surface area contributed by atoms with Gasteiger partial charge >= 0.3 is 5.69 Å². The average molecular weight is 338 g/mol. The Labute approximate surface area is 121 Å². The number of hydrogen-bond donors (Lipinski definition) is 1. The van der Waals surface area contributed by atoms with E-state index in [4.69, 9.17) is 5.26 Å². The minimum atomic E-state index is -0.536. The van der Waals surface area contributed by atoms with Crippen LogP contribution in [0.2, 0.25) is 0 Å². The lowest BCUT2D eigenvalue weighted by atomic mass is 10.1. The molecule has 0 bridgehead atoms. The number of halogens is 1. The highest BCUT2D eigenvalue weighted by atomic mass is 79.9. The molecule has 2 aromatic rings. The lowest BCUT2D eigenvalue weighted by Gasteiger charge is -2.06. The van der Waals surface area contributed by atoms with Gasteiger partial charge in [-0.1, -0.05) is 6.07 Å². The van der Waals surface area contributed by atoms with E-state index in [0.29, 0.717) is 12.2 Å². The van der Waals surface area contributed by atoms with E-state index in [1.807, 2.05) is 17.5 Å². The first-order valence-electron chi connectivity index (χ1n) is 5.26. The zero-order valence-electron chi connectivity index (χ0n) is 9.59. The average Bonchev–Trinajstić information content (AvgIpc) is 2.81. The molecule has 19 heavy (non-hydrogen) atoms. The maximum Gasteiger partial charge on any atom is 0.309 e. The van der Waals surface area contributed by atoms with E-state index in [0.717, 1.165) is 9.35 Å². The summed E-state index contributed by atoms with van der Waals surface area (Å²) in [6, 6.07) is 8.43. The quantitative estimate of drug-likeness (QED) is 0.677. The summed E-state index contributed by atoms with van der Waals surface area (Å²) >= 11 is 4.90. The van der Waals surface area contributed by atoms with Crippen LogP contribution in [0, 0.1) is 21.4 Å². The molecule has 0 aliphatic carbocycles. The fourth-order valence-corrected chi connectivity index (χ4v) is 2.99. The highest BCUT2D eigenvalue weighted by Crippen LogP contribution is 2.29. The van der Waals surface area contributed by atoms with Crippen LogP contribution in [0.15, 0.2) is 34.1 Å². The molecule has 0 radical (unpaired) electrons. The number of para-hydroxylation sites is 1. The van der Waals surface area contributed by atoms with Gasteiger partial charge in [0.2, 0.25) is 0 Å². The van der Waals surface area contributed by atoms with Gasteiger partial charge in [0.25, 0.3) is 0 Å². The highest BCUT2D eigenvalue weighted by Gasteiger charge is 2.19. The van der Waals surface area contributed by atoms with Crippen LogP contribution < -0.4 is 5.32 Å². The Hall–Kier alpha value is -1.91. The molecule has 0 saturated heterocycles. The molecule has 7 heteroatoms. The molecule has 5 nitrogen and oxygen atoms in total. The van der Waals surface area contributed by atoms with Gasteiger partial charge < -0.3 is 5.32 Å². The van der Waals surface area contributed by atoms with E-state index in [-0.39, 0.29) is 11.3 Å². The van der Waals surface area contributed by atoms with Gasteiger partial charge in [-0.2, -0.15) is 5.26 Å². The molecule has 0 spiro atoms. The zero-order valence-corrected chi connectivity index (χ0v) is 12.0. The summed E-state index contributed by atoms with van der Waals surface area (Å²) < 4.78 is 0.981. The van der Waals surface area contributed by atoms with Crippen LogP contribution >= 0.6 is 27.3 Å². The number of nitriles is 1. The van der Waals surface area contributed by atoms with E-state index >= 15 is 0 Å². The van der Waals surface area contributed by atoms with Gasteiger partial charge in [-0.15, -0.1) is 11.3 Å². The smallest absolute Gasteiger partial charge is 0.309 e. The zero-order chi connectivity index (χ0) is 13.8. The van der Waals surface area contributed by atoms with Crippen molar-refractivity contribution in [1.82, 2.24) is 0 Å². The Kier molecular flexibility index (Phi) is 4.14. The molecule has 0 atom stereocenters. The number of anilines is 1. The van der Waals surface area contributed by atoms with Crippen molar-refractivity contribution in [2.24, 2.45) is 0 Å². The van der Waals surface area contributed by atoms with Crippen LogP contribution in [0.5, 0.6) is 0 Å². The summed E-state index contributed by atoms with van der Waals surface area (Å²) in [5, 5.41) is 24.9. The standard InChI is InChI=1S/C12H8BrN3O2S/c13-9-4-10(19-7-9)6-15-11-3-1-2-8(5-14)12(11)16(17)18/h1-4,7,15H,6H2. The first kappa shape index (κ1) is 13.5. The Morgan fingerprint density at radius 2 is 2.32 bits per heavy atom. The molecule has 96 valence electrons. The van der Waals surface area contributed by atoms with Crippen LogP contribution in [-0.2, 0) is 6.54 Å². The molecule has 0 aliphatic rings. The first-order chi connectivity index (χ1) is 9.11. The molecule has 0 aliphatic heterocycles. The number of nitro benzene ring substituents is 1. The van der Waals surface area contributed by atoms with E-state index < -0.39 is 4.92 Å². The third-order valence-electron chi connectivity index (χ3n) is 2.41. The molecule has 1 aromatic carbocycles. The third kappa shape index (κ3) is 3.10. The topological polar surface area (TPSA) is 79.0 Å². The van der Waals surface area contributed by atoms with Gasteiger partial charge in [0, 0.05) is 21.3 Å². The van der Waals surface area contributed by atoms with Crippen molar-refractivity contribution in [2.75, 3.05) is 5.32 Å². The number of nitrogens with one attached hydrogen (secondary N) is 1. The minimum absolute atomic E-state index is 0.0577. The van der Waals surface area contributed by atoms with Crippen molar-refractivity contribution in [3.05, 3.63) is 54.7 Å². The van der Waals surface area contributed by atoms with E-state index in [1.165, 1.54) is 6.07 Å². The normalized spacial score (nSPS) is 9.89. The minimum Gasteiger partial charge on any atom is -0.375 e. The van der Waals surface area contributed by atoms with Crippen LogP contribution in [-0.4, -0.2) is 4.92 Å². The van der Waals surface area contributed by atoms with Crippen molar-refractivity contribution in [1.29, 1.82) is 5.26 Å². The molecule has 0 saturated carbocycles. The van der Waals surface area contributed by atoms with Crippen molar-refractivity contribution in [3.8, 4) is 6.07 Å². The Morgan fingerprint density at radius 1 is 1.53 bits per heavy atom. The Balaban J connectivity index is 2.25. The van der Waals surface area contributed by atoms with Crippen molar-refractivity contribution in [2.45, 2.75) is 6.54 Å². The van der Waals surface area contributed by atoms with Crippen molar-refractivity contribution in [3.63, 3.8) is 0 Å². The lowest BCUT2D eigenvalue weighted by Crippen LogP contribution is -2.03. The number of hydrogen-bond acceptors (Lipinski definition) is 5. The SMILES string of the molecule is N#Cc1cccc(NCc2cc(Br)cs2)c1[N+](=O)[O-]. The van der Waals surface area contributed by atoms with Crippen LogP contribution in [0.4, 0.5) is 11.4 Å². The molecule has 0 fully saturated rings. The van der Waals surface area contributed by atoms with Gasteiger partial charge in [-0.3, -0.25) is 10.1 Å². The molecule has 1 heterocycles. The maximum atomic E-state index is 11.0. The Bertz CT molecular complexity index is 663. The second kappa shape index (κ2) is 5.82. The molecule has 1 aromatic heterocycles. The highest BCUT2D eigenvalue weighted by molar-refractivity contribution is 9.10. The van der Waals surface area contributed by atoms with E-state index in [9.17, 15) is 10.1 Å². The fourth-order valence-electron chi connectivity index (χ4n) is 1.60. The van der Waals surface area contributed by atoms with Crippen LogP contribution in [0.3, 0.4) is 0 Å². The summed E-state index contributed by atoms with van der Waals surface area (Å²) in [6.07, 6.45) is 0. The predicted molar refractivity (Wildman–Crippen MR) is 77.2 cm³/mol. The monoisotopic (exact) mass is 337 g/mol. The number of rotatable bonds is 4. The second-order valence-corrected chi connectivity index (χ2v) is 5.57. The molecule has 2 rings (SSSR count). The Morgan fingerprint density at radius 3 is 2.89 bits per heavy atom. The second-order valence-electron chi connectivity index (χ2n) is 3.66.